The second-order valence-corrected chi connectivity index (χ2v) is 4.24. The molecule has 1 aromatic heterocycles. The van der Waals surface area contributed by atoms with Crippen LogP contribution in [0.15, 0.2) is 35.0 Å². The van der Waals surface area contributed by atoms with Crippen LogP contribution in [-0.2, 0) is 0 Å². The van der Waals surface area contributed by atoms with Crippen molar-refractivity contribution in [3.63, 3.8) is 0 Å². The third-order valence-electron chi connectivity index (χ3n) is 2.39. The lowest BCUT2D eigenvalue weighted by atomic mass is 9.99. The van der Waals surface area contributed by atoms with E-state index in [4.69, 9.17) is 0 Å². The molecule has 0 saturated carbocycles. The summed E-state index contributed by atoms with van der Waals surface area (Å²) in [7, 11) is 0. The van der Waals surface area contributed by atoms with Crippen LogP contribution in [-0.4, -0.2) is 5.11 Å². The van der Waals surface area contributed by atoms with Crippen molar-refractivity contribution in [1.29, 1.82) is 0 Å². The number of halogens is 1. The highest BCUT2D eigenvalue weighted by Crippen LogP contribution is 2.26. The zero-order chi connectivity index (χ0) is 10.8. The molecular weight excluding hydrogens is 211 g/mol. The number of aryl methyl sites for hydroxylation is 1. The van der Waals surface area contributed by atoms with Crippen LogP contribution in [0.1, 0.15) is 22.8 Å². The van der Waals surface area contributed by atoms with Crippen molar-refractivity contribution < 1.29 is 9.50 Å². The second kappa shape index (κ2) is 4.13. The summed E-state index contributed by atoms with van der Waals surface area (Å²) in [4.78, 5) is 0. The fourth-order valence-corrected chi connectivity index (χ4v) is 2.19. The Hall–Kier alpha value is -1.19. The van der Waals surface area contributed by atoms with E-state index in [9.17, 15) is 9.50 Å². The van der Waals surface area contributed by atoms with Crippen molar-refractivity contribution >= 4 is 11.3 Å². The van der Waals surface area contributed by atoms with Crippen LogP contribution in [0.5, 0.6) is 0 Å². The van der Waals surface area contributed by atoms with Crippen molar-refractivity contribution in [3.8, 4) is 0 Å². The lowest BCUT2D eigenvalue weighted by Gasteiger charge is -2.12. The first-order valence-electron chi connectivity index (χ1n) is 4.64. The molecule has 3 heteroatoms. The van der Waals surface area contributed by atoms with Crippen LogP contribution in [0.2, 0.25) is 0 Å². The summed E-state index contributed by atoms with van der Waals surface area (Å²) in [6.07, 6.45) is -0.730. The van der Waals surface area contributed by atoms with Gasteiger partial charge in [-0.15, -0.1) is 0 Å². The van der Waals surface area contributed by atoms with Crippen molar-refractivity contribution in [2.24, 2.45) is 0 Å². The molecule has 0 bridgehead atoms. The van der Waals surface area contributed by atoms with Gasteiger partial charge in [0.25, 0.3) is 0 Å². The number of aliphatic hydroxyl groups excluding tert-OH is 1. The highest BCUT2D eigenvalue weighted by Gasteiger charge is 2.13. The van der Waals surface area contributed by atoms with E-state index in [0.717, 1.165) is 11.1 Å². The van der Waals surface area contributed by atoms with E-state index < -0.39 is 6.10 Å². The molecule has 78 valence electrons. The minimum Gasteiger partial charge on any atom is -0.384 e. The molecule has 0 aliphatic heterocycles. The maximum atomic E-state index is 13.0. The summed E-state index contributed by atoms with van der Waals surface area (Å²) < 4.78 is 13.0. The van der Waals surface area contributed by atoms with E-state index >= 15 is 0 Å². The number of hydrogen-bond acceptors (Lipinski definition) is 2. The third-order valence-corrected chi connectivity index (χ3v) is 3.10. The molecule has 0 aliphatic carbocycles. The third kappa shape index (κ3) is 2.08. The summed E-state index contributed by atoms with van der Waals surface area (Å²) in [6, 6.07) is 6.32. The monoisotopic (exact) mass is 222 g/mol. The van der Waals surface area contributed by atoms with Gasteiger partial charge >= 0.3 is 0 Å². The van der Waals surface area contributed by atoms with E-state index in [-0.39, 0.29) is 5.82 Å². The molecule has 1 unspecified atom stereocenters. The fraction of sp³-hybridized carbons (Fsp3) is 0.167. The van der Waals surface area contributed by atoms with Crippen LogP contribution in [0.4, 0.5) is 4.39 Å². The molecule has 1 nitrogen and oxygen atoms in total. The maximum absolute atomic E-state index is 13.0. The fourth-order valence-electron chi connectivity index (χ4n) is 1.52. The second-order valence-electron chi connectivity index (χ2n) is 3.46. The molecule has 1 heterocycles. The van der Waals surface area contributed by atoms with Gasteiger partial charge in [0.05, 0.1) is 0 Å². The number of thiophene rings is 1. The van der Waals surface area contributed by atoms with Crippen molar-refractivity contribution in [3.05, 3.63) is 57.5 Å². The van der Waals surface area contributed by atoms with Crippen LogP contribution in [0, 0.1) is 12.7 Å². The Morgan fingerprint density at radius 2 is 2.13 bits per heavy atom. The van der Waals surface area contributed by atoms with E-state index in [2.05, 4.69) is 0 Å². The molecule has 0 saturated heterocycles. The molecule has 0 radical (unpaired) electrons. The van der Waals surface area contributed by atoms with Gasteiger partial charge in [-0.3, -0.25) is 0 Å². The quantitative estimate of drug-likeness (QED) is 0.826. The summed E-state index contributed by atoms with van der Waals surface area (Å²) >= 11 is 1.52. The summed E-state index contributed by atoms with van der Waals surface area (Å²) in [5.74, 6) is -0.315. The molecule has 0 amide bonds. The summed E-state index contributed by atoms with van der Waals surface area (Å²) in [5.41, 5.74) is 2.34. The number of hydrogen-bond donors (Lipinski definition) is 1. The van der Waals surface area contributed by atoms with Gasteiger partial charge in [-0.2, -0.15) is 11.3 Å². The lowest BCUT2D eigenvalue weighted by Crippen LogP contribution is -2.01. The average molecular weight is 222 g/mol. The first-order chi connectivity index (χ1) is 7.18. The summed E-state index contributed by atoms with van der Waals surface area (Å²) in [5, 5.41) is 13.8. The van der Waals surface area contributed by atoms with Gasteiger partial charge in [-0.1, -0.05) is 6.07 Å². The van der Waals surface area contributed by atoms with Gasteiger partial charge in [0, 0.05) is 0 Å². The molecule has 2 rings (SSSR count). The smallest absolute Gasteiger partial charge is 0.123 e. The van der Waals surface area contributed by atoms with Crippen LogP contribution in [0.3, 0.4) is 0 Å². The zero-order valence-corrected chi connectivity index (χ0v) is 9.09. The van der Waals surface area contributed by atoms with Gasteiger partial charge < -0.3 is 5.11 Å². The first-order valence-corrected chi connectivity index (χ1v) is 5.59. The number of aliphatic hydroxyl groups is 1. The van der Waals surface area contributed by atoms with Gasteiger partial charge in [0.1, 0.15) is 11.9 Å². The Kier molecular flexibility index (Phi) is 2.84. The summed E-state index contributed by atoms with van der Waals surface area (Å²) in [6.45, 7) is 1.87. The lowest BCUT2D eigenvalue weighted by molar-refractivity contribution is 0.219. The molecule has 0 fully saturated rings. The highest BCUT2D eigenvalue weighted by atomic mass is 32.1. The van der Waals surface area contributed by atoms with E-state index in [1.807, 2.05) is 23.8 Å². The maximum Gasteiger partial charge on any atom is 0.123 e. The average Bonchev–Trinajstić information content (AvgIpc) is 2.74. The Bertz CT molecular complexity index is 451. The molecule has 15 heavy (non-hydrogen) atoms. The normalized spacial score (nSPS) is 12.7. The Balaban J connectivity index is 2.41. The predicted octanol–water partition coefficient (Wildman–Crippen LogP) is 3.28. The van der Waals surface area contributed by atoms with Gasteiger partial charge in [-0.25, -0.2) is 4.39 Å². The zero-order valence-electron chi connectivity index (χ0n) is 8.27. The number of benzene rings is 1. The van der Waals surface area contributed by atoms with Crippen LogP contribution in [0.25, 0.3) is 0 Å². The SMILES string of the molecule is Cc1ccc(F)cc1C(O)c1ccsc1. The van der Waals surface area contributed by atoms with Crippen LogP contribution < -0.4 is 0 Å². The van der Waals surface area contributed by atoms with E-state index in [0.29, 0.717) is 5.56 Å². The van der Waals surface area contributed by atoms with Gasteiger partial charge in [-0.05, 0) is 52.6 Å². The largest absolute Gasteiger partial charge is 0.384 e. The minimum absolute atomic E-state index is 0.315. The Morgan fingerprint density at radius 1 is 1.33 bits per heavy atom. The predicted molar refractivity (Wildman–Crippen MR) is 59.5 cm³/mol. The molecule has 2 aromatic rings. The van der Waals surface area contributed by atoms with Crippen molar-refractivity contribution in [2.75, 3.05) is 0 Å². The van der Waals surface area contributed by atoms with Crippen molar-refractivity contribution in [1.82, 2.24) is 0 Å². The Morgan fingerprint density at radius 3 is 2.80 bits per heavy atom. The molecule has 0 aliphatic rings. The Labute approximate surface area is 91.8 Å². The highest BCUT2D eigenvalue weighted by molar-refractivity contribution is 7.07. The molecule has 1 aromatic carbocycles. The molecular formula is C12H11FOS. The van der Waals surface area contributed by atoms with Gasteiger partial charge in [0.15, 0.2) is 0 Å². The molecule has 1 atom stereocenters. The first kappa shape index (κ1) is 10.3. The van der Waals surface area contributed by atoms with E-state index in [1.54, 1.807) is 6.07 Å². The van der Waals surface area contributed by atoms with Gasteiger partial charge in [0.2, 0.25) is 0 Å². The van der Waals surface area contributed by atoms with E-state index in [1.165, 1.54) is 23.5 Å². The topological polar surface area (TPSA) is 20.2 Å². The minimum atomic E-state index is -0.730. The standard InChI is InChI=1S/C12H11FOS/c1-8-2-3-10(13)6-11(8)12(14)9-4-5-15-7-9/h2-7,12,14H,1H3. The molecule has 0 spiro atoms. The van der Waals surface area contributed by atoms with Crippen molar-refractivity contribution in [2.45, 2.75) is 13.0 Å². The number of rotatable bonds is 2. The van der Waals surface area contributed by atoms with Crippen LogP contribution >= 0.6 is 11.3 Å². The molecule has 1 N–H and O–H groups in total.